The second-order valence-electron chi connectivity index (χ2n) is 9.41. The van der Waals surface area contributed by atoms with Gasteiger partial charge in [0, 0.05) is 23.1 Å². The third-order valence-electron chi connectivity index (χ3n) is 7.47. The first-order chi connectivity index (χ1) is 17.6. The van der Waals surface area contributed by atoms with Crippen LogP contribution in [-0.2, 0) is 11.2 Å². The number of hydrogen-bond acceptors (Lipinski definition) is 5. The van der Waals surface area contributed by atoms with E-state index in [9.17, 15) is 9.90 Å². The standard InChI is InChI=1S/C30H27NO5/c1-2-19(30(32)33)26-15-35-29-14-18(10-11-25(26)29)36-28-13-12-22-20(8-5-9-24(22)28)21-6-3-4-7-23(21)27-16-34-17-31-27/h3-11,14,16-17,19,26,28H,2,12-13,15H2,1H3,(H,32,33)/t19?,26-,28+/m0/s1. The summed E-state index contributed by atoms with van der Waals surface area (Å²) in [5, 5.41) is 9.58. The maximum absolute atomic E-state index is 11.7. The van der Waals surface area contributed by atoms with Crippen molar-refractivity contribution in [1.82, 2.24) is 4.98 Å². The molecule has 1 aliphatic carbocycles. The Kier molecular flexibility index (Phi) is 5.72. The molecule has 0 saturated heterocycles. The van der Waals surface area contributed by atoms with Crippen LogP contribution in [0.15, 0.2) is 77.7 Å². The van der Waals surface area contributed by atoms with E-state index in [0.29, 0.717) is 13.0 Å². The van der Waals surface area contributed by atoms with E-state index in [4.69, 9.17) is 13.9 Å². The summed E-state index contributed by atoms with van der Waals surface area (Å²) in [5.41, 5.74) is 7.62. The molecule has 1 aromatic heterocycles. The van der Waals surface area contributed by atoms with Crippen LogP contribution < -0.4 is 9.47 Å². The van der Waals surface area contributed by atoms with Crippen molar-refractivity contribution in [1.29, 1.82) is 0 Å². The van der Waals surface area contributed by atoms with Gasteiger partial charge in [-0.05, 0) is 47.6 Å². The van der Waals surface area contributed by atoms with Gasteiger partial charge in [-0.2, -0.15) is 0 Å². The van der Waals surface area contributed by atoms with Crippen LogP contribution in [0.2, 0.25) is 0 Å². The van der Waals surface area contributed by atoms with Gasteiger partial charge in [0.15, 0.2) is 6.39 Å². The minimum absolute atomic E-state index is 0.0585. The quantitative estimate of drug-likeness (QED) is 0.318. The summed E-state index contributed by atoms with van der Waals surface area (Å²) in [7, 11) is 0. The number of carboxylic acid groups (broad SMARTS) is 1. The van der Waals surface area contributed by atoms with Crippen LogP contribution in [0.5, 0.6) is 11.5 Å². The predicted octanol–water partition coefficient (Wildman–Crippen LogP) is 6.66. The number of ether oxygens (including phenoxy) is 2. The Hall–Kier alpha value is -4.06. The molecule has 3 aromatic carbocycles. The van der Waals surface area contributed by atoms with E-state index in [0.717, 1.165) is 46.7 Å². The lowest BCUT2D eigenvalue weighted by Gasteiger charge is -2.18. The Morgan fingerprint density at radius 3 is 2.69 bits per heavy atom. The molecule has 0 amide bonds. The smallest absolute Gasteiger partial charge is 0.307 e. The zero-order valence-electron chi connectivity index (χ0n) is 20.0. The number of nitrogens with zero attached hydrogens (tertiary/aromatic N) is 1. The van der Waals surface area contributed by atoms with Gasteiger partial charge in [-0.25, -0.2) is 4.98 Å². The number of aromatic nitrogens is 1. The average Bonchev–Trinajstić information content (AvgIpc) is 3.65. The molecule has 182 valence electrons. The van der Waals surface area contributed by atoms with Gasteiger partial charge in [-0.15, -0.1) is 0 Å². The van der Waals surface area contributed by atoms with Gasteiger partial charge in [-0.1, -0.05) is 55.5 Å². The van der Waals surface area contributed by atoms with Crippen molar-refractivity contribution in [2.24, 2.45) is 5.92 Å². The second kappa shape index (κ2) is 9.19. The summed E-state index contributed by atoms with van der Waals surface area (Å²) in [4.78, 5) is 16.0. The van der Waals surface area contributed by atoms with E-state index >= 15 is 0 Å². The SMILES string of the molecule is CCC(C(=O)O)[C@@H]1COc2cc(O[C@@H]3CCc4c(-c5ccccc5-c5cocn5)cccc43)ccc21. The zero-order valence-corrected chi connectivity index (χ0v) is 20.0. The maximum Gasteiger partial charge on any atom is 0.307 e. The van der Waals surface area contributed by atoms with Crippen molar-refractivity contribution in [3.63, 3.8) is 0 Å². The molecule has 2 aliphatic rings. The van der Waals surface area contributed by atoms with Crippen molar-refractivity contribution < 1.29 is 23.8 Å². The first-order valence-electron chi connectivity index (χ1n) is 12.4. The van der Waals surface area contributed by atoms with Crippen molar-refractivity contribution in [2.75, 3.05) is 6.61 Å². The van der Waals surface area contributed by atoms with Crippen LogP contribution in [0, 0.1) is 5.92 Å². The number of rotatable bonds is 7. The van der Waals surface area contributed by atoms with Gasteiger partial charge in [0.2, 0.25) is 0 Å². The van der Waals surface area contributed by atoms with E-state index in [1.807, 2.05) is 37.3 Å². The molecular formula is C30H27NO5. The topological polar surface area (TPSA) is 81.8 Å². The fourth-order valence-corrected chi connectivity index (χ4v) is 5.69. The molecular weight excluding hydrogens is 454 g/mol. The zero-order chi connectivity index (χ0) is 24.6. The summed E-state index contributed by atoms with van der Waals surface area (Å²) in [6.45, 7) is 2.30. The summed E-state index contributed by atoms with van der Waals surface area (Å²) in [6.07, 6.45) is 5.45. The first-order valence-corrected chi connectivity index (χ1v) is 12.4. The average molecular weight is 482 g/mol. The number of aliphatic carboxylic acids is 1. The number of hydrogen-bond donors (Lipinski definition) is 1. The number of benzene rings is 3. The number of oxazole rings is 1. The predicted molar refractivity (Wildman–Crippen MR) is 135 cm³/mol. The second-order valence-corrected chi connectivity index (χ2v) is 9.41. The molecule has 1 unspecified atom stereocenters. The van der Waals surface area contributed by atoms with E-state index in [-0.39, 0.29) is 12.0 Å². The Labute approximate surface area is 209 Å². The molecule has 4 aromatic rings. The molecule has 1 aliphatic heterocycles. The van der Waals surface area contributed by atoms with E-state index < -0.39 is 11.9 Å². The fourth-order valence-electron chi connectivity index (χ4n) is 5.69. The molecule has 6 rings (SSSR count). The molecule has 0 radical (unpaired) electrons. The van der Waals surface area contributed by atoms with Gasteiger partial charge in [-0.3, -0.25) is 4.79 Å². The fraction of sp³-hybridized carbons (Fsp3) is 0.267. The molecule has 0 saturated carbocycles. The highest BCUT2D eigenvalue weighted by Crippen LogP contribution is 2.45. The van der Waals surface area contributed by atoms with Gasteiger partial charge < -0.3 is 19.0 Å². The Morgan fingerprint density at radius 1 is 1.08 bits per heavy atom. The van der Waals surface area contributed by atoms with Gasteiger partial charge in [0.05, 0.1) is 12.5 Å². The van der Waals surface area contributed by atoms with Gasteiger partial charge in [0.1, 0.15) is 29.6 Å². The third kappa shape index (κ3) is 3.83. The maximum atomic E-state index is 11.7. The van der Waals surface area contributed by atoms with Crippen LogP contribution in [0.1, 0.15) is 48.5 Å². The van der Waals surface area contributed by atoms with Crippen LogP contribution in [-0.4, -0.2) is 22.7 Å². The highest BCUT2D eigenvalue weighted by Gasteiger charge is 2.35. The van der Waals surface area contributed by atoms with E-state index in [1.165, 1.54) is 23.1 Å². The summed E-state index contributed by atoms with van der Waals surface area (Å²) in [5.74, 6) is 0.117. The molecule has 36 heavy (non-hydrogen) atoms. The molecule has 1 N–H and O–H groups in total. The largest absolute Gasteiger partial charge is 0.492 e. The summed E-state index contributed by atoms with van der Waals surface area (Å²) in [6, 6.07) is 20.5. The van der Waals surface area contributed by atoms with Crippen molar-refractivity contribution in [3.05, 3.63) is 90.0 Å². The van der Waals surface area contributed by atoms with Crippen molar-refractivity contribution in [3.8, 4) is 33.9 Å². The molecule has 6 nitrogen and oxygen atoms in total. The molecule has 0 spiro atoms. The van der Waals surface area contributed by atoms with E-state index in [1.54, 1.807) is 6.26 Å². The minimum atomic E-state index is -0.775. The highest BCUT2D eigenvalue weighted by atomic mass is 16.5. The Morgan fingerprint density at radius 2 is 1.92 bits per heavy atom. The summed E-state index contributed by atoms with van der Waals surface area (Å²) >= 11 is 0. The Bertz CT molecular complexity index is 1410. The minimum Gasteiger partial charge on any atom is -0.492 e. The van der Waals surface area contributed by atoms with E-state index in [2.05, 4.69) is 35.3 Å². The molecule has 0 fully saturated rings. The monoisotopic (exact) mass is 481 g/mol. The van der Waals surface area contributed by atoms with Gasteiger partial charge in [0.25, 0.3) is 0 Å². The van der Waals surface area contributed by atoms with Crippen LogP contribution in [0.4, 0.5) is 0 Å². The molecule has 2 heterocycles. The third-order valence-corrected chi connectivity index (χ3v) is 7.47. The normalized spacial score (nSPS) is 18.8. The lowest BCUT2D eigenvalue weighted by atomic mass is 9.86. The lowest BCUT2D eigenvalue weighted by Crippen LogP contribution is -2.22. The number of fused-ring (bicyclic) bond motifs is 2. The Balaban J connectivity index is 1.28. The lowest BCUT2D eigenvalue weighted by molar-refractivity contribution is -0.142. The number of carbonyl (C=O) groups is 1. The van der Waals surface area contributed by atoms with Crippen LogP contribution in [0.25, 0.3) is 22.4 Å². The molecule has 6 heteroatoms. The first kappa shape index (κ1) is 22.4. The van der Waals surface area contributed by atoms with Crippen LogP contribution >= 0.6 is 0 Å². The number of carboxylic acids is 1. The van der Waals surface area contributed by atoms with Crippen LogP contribution in [0.3, 0.4) is 0 Å². The van der Waals surface area contributed by atoms with Crippen molar-refractivity contribution >= 4 is 5.97 Å². The molecule has 0 bridgehead atoms. The highest BCUT2D eigenvalue weighted by molar-refractivity contribution is 5.84. The van der Waals surface area contributed by atoms with Crippen molar-refractivity contribution in [2.45, 2.75) is 38.2 Å². The van der Waals surface area contributed by atoms with Gasteiger partial charge >= 0.3 is 5.97 Å². The summed E-state index contributed by atoms with van der Waals surface area (Å²) < 4.78 is 17.6. The molecule has 3 atom stereocenters.